The van der Waals surface area contributed by atoms with E-state index in [4.69, 9.17) is 23.1 Å². The lowest BCUT2D eigenvalue weighted by atomic mass is 10.2. The summed E-state index contributed by atoms with van der Waals surface area (Å²) in [5.74, 6) is 1.08. The highest BCUT2D eigenvalue weighted by molar-refractivity contribution is 6.33. The number of hydrogen-bond donors (Lipinski definition) is 3. The lowest BCUT2D eigenvalue weighted by Crippen LogP contribution is -1.88. The quantitative estimate of drug-likeness (QED) is 0.585. The van der Waals surface area contributed by atoms with Crippen LogP contribution in [0.5, 0.6) is 0 Å². The molecule has 0 bridgehead atoms. The number of benzene rings is 1. The third-order valence-corrected chi connectivity index (χ3v) is 2.93. The van der Waals surface area contributed by atoms with Crippen LogP contribution in [0.2, 0.25) is 5.02 Å². The summed E-state index contributed by atoms with van der Waals surface area (Å²) >= 11 is 6.14. The van der Waals surface area contributed by atoms with Crippen molar-refractivity contribution in [2.24, 2.45) is 0 Å². The van der Waals surface area contributed by atoms with Crippen molar-refractivity contribution < 1.29 is 0 Å². The van der Waals surface area contributed by atoms with Crippen molar-refractivity contribution in [1.82, 2.24) is 15.0 Å². The minimum Gasteiger partial charge on any atom is -0.399 e. The van der Waals surface area contributed by atoms with E-state index in [1.165, 1.54) is 0 Å². The van der Waals surface area contributed by atoms with E-state index in [2.05, 4.69) is 15.0 Å². The molecule has 6 heteroatoms. The van der Waals surface area contributed by atoms with E-state index < -0.39 is 0 Å². The Kier molecular flexibility index (Phi) is 2.34. The minimum atomic E-state index is 0.434. The van der Waals surface area contributed by atoms with E-state index in [9.17, 15) is 0 Å². The SMILES string of the molecule is Nc1ccc(-c2nc3nc(N)ccc3[nH]2)c(Cl)c1. The average Bonchev–Trinajstić information content (AvgIpc) is 2.71. The highest BCUT2D eigenvalue weighted by Gasteiger charge is 2.10. The molecule has 0 aliphatic heterocycles. The van der Waals surface area contributed by atoms with Crippen molar-refractivity contribution in [3.8, 4) is 11.4 Å². The number of hydrogen-bond acceptors (Lipinski definition) is 4. The van der Waals surface area contributed by atoms with Crippen LogP contribution in [0.25, 0.3) is 22.6 Å². The van der Waals surface area contributed by atoms with Gasteiger partial charge in [0.2, 0.25) is 0 Å². The second kappa shape index (κ2) is 3.89. The van der Waals surface area contributed by atoms with Crippen molar-refractivity contribution >= 4 is 34.3 Å². The third-order valence-electron chi connectivity index (χ3n) is 2.62. The lowest BCUT2D eigenvalue weighted by Gasteiger charge is -2.01. The zero-order valence-electron chi connectivity index (χ0n) is 9.31. The van der Waals surface area contributed by atoms with E-state index in [1.807, 2.05) is 12.1 Å². The fraction of sp³-hybridized carbons (Fsp3) is 0. The van der Waals surface area contributed by atoms with Crippen LogP contribution in [-0.4, -0.2) is 15.0 Å². The maximum absolute atomic E-state index is 6.14. The zero-order valence-corrected chi connectivity index (χ0v) is 10.1. The lowest BCUT2D eigenvalue weighted by molar-refractivity contribution is 1.30. The molecule has 1 aromatic carbocycles. The van der Waals surface area contributed by atoms with Crippen LogP contribution in [0.1, 0.15) is 0 Å². The van der Waals surface area contributed by atoms with Crippen molar-refractivity contribution in [1.29, 1.82) is 0 Å². The number of nitrogens with zero attached hydrogens (tertiary/aromatic N) is 2. The number of pyridine rings is 1. The van der Waals surface area contributed by atoms with Gasteiger partial charge in [0.1, 0.15) is 11.6 Å². The van der Waals surface area contributed by atoms with Gasteiger partial charge in [-0.05, 0) is 30.3 Å². The van der Waals surface area contributed by atoms with Crippen LogP contribution in [-0.2, 0) is 0 Å². The molecule has 90 valence electrons. The Morgan fingerprint density at radius 1 is 1.06 bits per heavy atom. The fourth-order valence-electron chi connectivity index (χ4n) is 1.76. The Morgan fingerprint density at radius 2 is 1.89 bits per heavy atom. The number of rotatable bonds is 1. The number of nitrogens with one attached hydrogen (secondary N) is 1. The number of nitrogen functional groups attached to an aromatic ring is 2. The van der Waals surface area contributed by atoms with Crippen LogP contribution in [0, 0.1) is 0 Å². The highest BCUT2D eigenvalue weighted by atomic mass is 35.5. The van der Waals surface area contributed by atoms with Crippen LogP contribution in [0.3, 0.4) is 0 Å². The Bertz CT molecular complexity index is 734. The molecule has 0 atom stereocenters. The molecule has 0 aliphatic rings. The summed E-state index contributed by atoms with van der Waals surface area (Å²) in [4.78, 5) is 11.6. The first-order valence-electron chi connectivity index (χ1n) is 5.31. The molecule has 0 aliphatic carbocycles. The second-order valence-electron chi connectivity index (χ2n) is 3.93. The van der Waals surface area contributed by atoms with Gasteiger partial charge in [-0.2, -0.15) is 0 Å². The predicted octanol–water partition coefficient (Wildman–Crippen LogP) is 2.44. The van der Waals surface area contributed by atoms with Crippen molar-refractivity contribution in [2.45, 2.75) is 0 Å². The van der Waals surface area contributed by atoms with E-state index in [-0.39, 0.29) is 0 Å². The number of H-pyrrole nitrogens is 1. The summed E-state index contributed by atoms with van der Waals surface area (Å²) in [5.41, 5.74) is 14.0. The molecule has 3 aromatic rings. The first-order chi connectivity index (χ1) is 8.63. The van der Waals surface area contributed by atoms with Gasteiger partial charge in [0.15, 0.2) is 5.65 Å². The molecule has 2 heterocycles. The van der Waals surface area contributed by atoms with Crippen molar-refractivity contribution in [3.63, 3.8) is 0 Å². The van der Waals surface area contributed by atoms with Crippen molar-refractivity contribution in [2.75, 3.05) is 11.5 Å². The number of halogens is 1. The number of aromatic amines is 1. The number of imidazole rings is 1. The van der Waals surface area contributed by atoms with Crippen LogP contribution >= 0.6 is 11.6 Å². The Labute approximate surface area is 108 Å². The smallest absolute Gasteiger partial charge is 0.180 e. The molecule has 5 N–H and O–H groups in total. The summed E-state index contributed by atoms with van der Waals surface area (Å²) in [7, 11) is 0. The maximum Gasteiger partial charge on any atom is 0.180 e. The van der Waals surface area contributed by atoms with Gasteiger partial charge in [-0.1, -0.05) is 11.6 Å². The molecule has 0 radical (unpaired) electrons. The van der Waals surface area contributed by atoms with Crippen LogP contribution in [0.15, 0.2) is 30.3 Å². The topological polar surface area (TPSA) is 93.6 Å². The Balaban J connectivity index is 2.19. The summed E-state index contributed by atoms with van der Waals surface area (Å²) in [6, 6.07) is 8.83. The van der Waals surface area contributed by atoms with Gasteiger partial charge in [-0.15, -0.1) is 0 Å². The van der Waals surface area contributed by atoms with Gasteiger partial charge < -0.3 is 16.5 Å². The molecule has 3 rings (SSSR count). The van der Waals surface area contributed by atoms with Gasteiger partial charge in [0.25, 0.3) is 0 Å². The zero-order chi connectivity index (χ0) is 12.7. The molecule has 0 unspecified atom stereocenters. The third kappa shape index (κ3) is 1.74. The molecular weight excluding hydrogens is 250 g/mol. The summed E-state index contributed by atoms with van der Waals surface area (Å²) in [5, 5.41) is 0.544. The molecule has 2 aromatic heterocycles. The maximum atomic E-state index is 6.14. The molecule has 0 spiro atoms. The van der Waals surface area contributed by atoms with Crippen LogP contribution < -0.4 is 11.5 Å². The second-order valence-corrected chi connectivity index (χ2v) is 4.34. The number of aromatic nitrogens is 3. The van der Waals surface area contributed by atoms with E-state index in [1.54, 1.807) is 18.2 Å². The number of fused-ring (bicyclic) bond motifs is 1. The average molecular weight is 260 g/mol. The molecule has 0 saturated carbocycles. The normalized spacial score (nSPS) is 10.9. The van der Waals surface area contributed by atoms with Gasteiger partial charge in [0, 0.05) is 11.3 Å². The highest BCUT2D eigenvalue weighted by Crippen LogP contribution is 2.28. The fourth-order valence-corrected chi connectivity index (χ4v) is 2.04. The Morgan fingerprint density at radius 3 is 2.67 bits per heavy atom. The number of nitrogens with two attached hydrogens (primary N) is 2. The molecule has 0 amide bonds. The molecular formula is C12H10ClN5. The summed E-state index contributed by atoms with van der Waals surface area (Å²) < 4.78 is 0. The monoisotopic (exact) mass is 259 g/mol. The Hall–Kier alpha value is -2.27. The van der Waals surface area contributed by atoms with Gasteiger partial charge in [-0.25, -0.2) is 9.97 Å². The van der Waals surface area contributed by atoms with Crippen LogP contribution in [0.4, 0.5) is 11.5 Å². The molecule has 0 saturated heterocycles. The first kappa shape index (κ1) is 10.9. The summed E-state index contributed by atoms with van der Waals surface area (Å²) in [6.45, 7) is 0. The predicted molar refractivity (Wildman–Crippen MR) is 73.2 cm³/mol. The summed E-state index contributed by atoms with van der Waals surface area (Å²) in [6.07, 6.45) is 0. The minimum absolute atomic E-state index is 0.434. The van der Waals surface area contributed by atoms with Gasteiger partial charge in [0.05, 0.1) is 10.5 Å². The molecule has 0 fully saturated rings. The molecule has 5 nitrogen and oxygen atoms in total. The standard InChI is InChI=1S/C12H10ClN5/c13-8-5-6(14)1-2-7(8)11-16-9-3-4-10(15)17-12(9)18-11/h1-5H,14H2,(H3,15,16,17,18). The van der Waals surface area contributed by atoms with Crippen molar-refractivity contribution in [3.05, 3.63) is 35.4 Å². The van der Waals surface area contributed by atoms with Gasteiger partial charge in [-0.3, -0.25) is 0 Å². The number of anilines is 2. The first-order valence-corrected chi connectivity index (χ1v) is 5.69. The molecule has 18 heavy (non-hydrogen) atoms. The van der Waals surface area contributed by atoms with E-state index in [0.29, 0.717) is 28.0 Å². The van der Waals surface area contributed by atoms with E-state index >= 15 is 0 Å². The largest absolute Gasteiger partial charge is 0.399 e. The van der Waals surface area contributed by atoms with Gasteiger partial charge >= 0.3 is 0 Å². The van der Waals surface area contributed by atoms with E-state index in [0.717, 1.165) is 11.1 Å².